The lowest BCUT2D eigenvalue weighted by molar-refractivity contribution is -0.119. The lowest BCUT2D eigenvalue weighted by Crippen LogP contribution is -2.34. The van der Waals surface area contributed by atoms with Crippen molar-refractivity contribution >= 4 is 28.3 Å². The highest BCUT2D eigenvalue weighted by Crippen LogP contribution is 2.41. The summed E-state index contributed by atoms with van der Waals surface area (Å²) in [6.07, 6.45) is 7.27. The van der Waals surface area contributed by atoms with E-state index in [1.54, 1.807) is 24.9 Å². The number of nitrogens with zero attached hydrogens (tertiary/aromatic N) is 5. The molecule has 0 spiro atoms. The largest absolute Gasteiger partial charge is 0.462 e. The number of carbonyl (C=O) groups excluding carboxylic acids is 2. The monoisotopic (exact) mass is 392 g/mol. The molecule has 0 aliphatic heterocycles. The third-order valence-electron chi connectivity index (χ3n) is 4.84. The lowest BCUT2D eigenvalue weighted by Gasteiger charge is -2.36. The van der Waals surface area contributed by atoms with Gasteiger partial charge < -0.3 is 10.1 Å². The number of amides is 1. The average Bonchev–Trinajstić information content (AvgIpc) is 3.25. The lowest BCUT2D eigenvalue weighted by atomic mass is 9.71. The predicted molar refractivity (Wildman–Crippen MR) is 99.4 cm³/mol. The summed E-state index contributed by atoms with van der Waals surface area (Å²) in [4.78, 5) is 29.4. The van der Waals surface area contributed by atoms with Crippen molar-refractivity contribution in [3.05, 3.63) is 16.9 Å². The van der Waals surface area contributed by atoms with Gasteiger partial charge in [0.05, 0.1) is 18.8 Å². The number of nitrogens with one attached hydrogen (secondary N) is 1. The number of anilines is 1. The number of esters is 1. The molecule has 2 aromatic rings. The van der Waals surface area contributed by atoms with Crippen molar-refractivity contribution in [3.63, 3.8) is 0 Å². The number of rotatable bonds is 7. The van der Waals surface area contributed by atoms with E-state index in [4.69, 9.17) is 4.74 Å². The van der Waals surface area contributed by atoms with Crippen LogP contribution in [-0.4, -0.2) is 43.7 Å². The summed E-state index contributed by atoms with van der Waals surface area (Å²) >= 11 is 1.15. The molecule has 10 heteroatoms. The molecule has 146 valence electrons. The summed E-state index contributed by atoms with van der Waals surface area (Å²) in [6.45, 7) is 4.42. The van der Waals surface area contributed by atoms with Gasteiger partial charge in [0.1, 0.15) is 11.2 Å². The maximum atomic E-state index is 12.7. The minimum Gasteiger partial charge on any atom is -0.462 e. The summed E-state index contributed by atoms with van der Waals surface area (Å²) in [6, 6.07) is 0. The molecule has 0 bridgehead atoms. The SMILES string of the molecule is CCOC(=O)c1sc(NC(=O)CC2(Cn3cnnn3)CCCCC2)nc1C. The van der Waals surface area contributed by atoms with E-state index >= 15 is 0 Å². The molecule has 27 heavy (non-hydrogen) atoms. The summed E-state index contributed by atoms with van der Waals surface area (Å²) in [5.41, 5.74) is 0.406. The van der Waals surface area contributed by atoms with E-state index in [1.165, 1.54) is 6.42 Å². The van der Waals surface area contributed by atoms with Crippen molar-refractivity contribution in [2.75, 3.05) is 11.9 Å². The first-order valence-corrected chi connectivity index (χ1v) is 9.98. The zero-order valence-corrected chi connectivity index (χ0v) is 16.4. The van der Waals surface area contributed by atoms with Gasteiger partial charge in [-0.05, 0) is 42.5 Å². The first-order chi connectivity index (χ1) is 13.0. The van der Waals surface area contributed by atoms with Crippen LogP contribution < -0.4 is 5.32 Å². The van der Waals surface area contributed by atoms with Gasteiger partial charge in [0.2, 0.25) is 5.91 Å². The van der Waals surface area contributed by atoms with Crippen molar-refractivity contribution in [1.29, 1.82) is 0 Å². The quantitative estimate of drug-likeness (QED) is 0.721. The van der Waals surface area contributed by atoms with Crippen LogP contribution in [0.4, 0.5) is 5.13 Å². The fraction of sp³-hybridized carbons (Fsp3) is 0.647. The molecule has 2 heterocycles. The topological polar surface area (TPSA) is 112 Å². The molecule has 2 aromatic heterocycles. The van der Waals surface area contributed by atoms with Crippen LogP contribution in [0.15, 0.2) is 6.33 Å². The normalized spacial score (nSPS) is 16.1. The highest BCUT2D eigenvalue weighted by Gasteiger charge is 2.35. The summed E-state index contributed by atoms with van der Waals surface area (Å²) < 4.78 is 6.72. The van der Waals surface area contributed by atoms with Crippen LogP contribution in [0.5, 0.6) is 0 Å². The van der Waals surface area contributed by atoms with Gasteiger partial charge in [0.25, 0.3) is 0 Å². The molecule has 9 nitrogen and oxygen atoms in total. The highest BCUT2D eigenvalue weighted by atomic mass is 32.1. The van der Waals surface area contributed by atoms with Gasteiger partial charge in [-0.25, -0.2) is 14.5 Å². The summed E-state index contributed by atoms with van der Waals surface area (Å²) in [5, 5.41) is 14.6. The predicted octanol–water partition coefficient (Wildman–Crippen LogP) is 2.59. The molecule has 1 aliphatic carbocycles. The van der Waals surface area contributed by atoms with E-state index in [9.17, 15) is 9.59 Å². The van der Waals surface area contributed by atoms with Gasteiger partial charge >= 0.3 is 5.97 Å². The van der Waals surface area contributed by atoms with Gasteiger partial charge in [-0.3, -0.25) is 4.79 Å². The van der Waals surface area contributed by atoms with Gasteiger partial charge in [-0.1, -0.05) is 30.6 Å². The Kier molecular flexibility index (Phi) is 6.15. The molecule has 1 fully saturated rings. The van der Waals surface area contributed by atoms with Crippen molar-refractivity contribution in [2.24, 2.45) is 5.41 Å². The van der Waals surface area contributed by atoms with Crippen LogP contribution in [0.25, 0.3) is 0 Å². The van der Waals surface area contributed by atoms with Crippen molar-refractivity contribution in [1.82, 2.24) is 25.2 Å². The number of thiazole rings is 1. The number of carbonyl (C=O) groups is 2. The molecule has 0 saturated heterocycles. The van der Waals surface area contributed by atoms with Crippen LogP contribution in [0.2, 0.25) is 0 Å². The molecule has 0 radical (unpaired) electrons. The van der Waals surface area contributed by atoms with Crippen LogP contribution >= 0.6 is 11.3 Å². The average molecular weight is 392 g/mol. The fourth-order valence-corrected chi connectivity index (χ4v) is 4.51. The third kappa shape index (κ3) is 4.88. The third-order valence-corrected chi connectivity index (χ3v) is 5.90. The number of hydrogen-bond donors (Lipinski definition) is 1. The zero-order chi connectivity index (χ0) is 19.3. The minimum absolute atomic E-state index is 0.103. The van der Waals surface area contributed by atoms with E-state index in [2.05, 4.69) is 25.8 Å². The maximum Gasteiger partial charge on any atom is 0.350 e. The Labute approximate surface area is 161 Å². The van der Waals surface area contributed by atoms with Gasteiger partial charge in [-0.2, -0.15) is 0 Å². The van der Waals surface area contributed by atoms with Crippen LogP contribution in [0.3, 0.4) is 0 Å². The summed E-state index contributed by atoms with van der Waals surface area (Å²) in [7, 11) is 0. The fourth-order valence-electron chi connectivity index (χ4n) is 3.63. The molecule has 3 rings (SSSR count). The molecular formula is C17H24N6O3S. The Balaban J connectivity index is 1.67. The first-order valence-electron chi connectivity index (χ1n) is 9.16. The Morgan fingerprint density at radius 1 is 1.33 bits per heavy atom. The van der Waals surface area contributed by atoms with Crippen LogP contribution in [0.1, 0.15) is 60.8 Å². The second kappa shape index (κ2) is 8.55. The molecule has 1 N–H and O–H groups in total. The maximum absolute atomic E-state index is 12.7. The molecule has 1 saturated carbocycles. The Morgan fingerprint density at radius 3 is 2.78 bits per heavy atom. The highest BCUT2D eigenvalue weighted by molar-refractivity contribution is 7.17. The van der Waals surface area contributed by atoms with Crippen molar-refractivity contribution in [3.8, 4) is 0 Å². The zero-order valence-electron chi connectivity index (χ0n) is 15.6. The molecule has 0 atom stereocenters. The van der Waals surface area contributed by atoms with Crippen molar-refractivity contribution in [2.45, 2.75) is 58.9 Å². The van der Waals surface area contributed by atoms with Crippen LogP contribution in [-0.2, 0) is 16.1 Å². The minimum atomic E-state index is -0.407. The number of aromatic nitrogens is 5. The second-order valence-corrected chi connectivity index (χ2v) is 7.95. The number of aryl methyl sites for hydroxylation is 1. The van der Waals surface area contributed by atoms with E-state index in [0.29, 0.717) is 35.3 Å². The van der Waals surface area contributed by atoms with Gasteiger partial charge in [0, 0.05) is 6.42 Å². The smallest absolute Gasteiger partial charge is 0.350 e. The van der Waals surface area contributed by atoms with Crippen molar-refractivity contribution < 1.29 is 14.3 Å². The first kappa shape index (κ1) is 19.4. The Bertz CT molecular complexity index is 783. The van der Waals surface area contributed by atoms with E-state index in [1.807, 2.05) is 0 Å². The van der Waals surface area contributed by atoms with E-state index < -0.39 is 5.97 Å². The van der Waals surface area contributed by atoms with E-state index in [-0.39, 0.29) is 11.3 Å². The van der Waals surface area contributed by atoms with Crippen LogP contribution in [0, 0.1) is 12.3 Å². The second-order valence-electron chi connectivity index (χ2n) is 6.95. The summed E-state index contributed by atoms with van der Waals surface area (Å²) in [5.74, 6) is -0.510. The van der Waals surface area contributed by atoms with Gasteiger partial charge in [-0.15, -0.1) is 5.10 Å². The molecule has 0 aromatic carbocycles. The number of tetrazole rings is 1. The molecule has 1 amide bonds. The number of hydrogen-bond acceptors (Lipinski definition) is 8. The molecular weight excluding hydrogens is 368 g/mol. The Hall–Kier alpha value is -2.36. The molecule has 0 unspecified atom stereocenters. The standard InChI is InChI=1S/C17H24N6O3S/c1-3-26-15(25)14-12(2)19-16(27-14)20-13(24)9-17(7-5-4-6-8-17)10-23-11-18-21-22-23/h11H,3-10H2,1-2H3,(H,19,20,24). The van der Waals surface area contributed by atoms with Gasteiger partial charge in [0.15, 0.2) is 5.13 Å². The number of ether oxygens (including phenoxy) is 1. The van der Waals surface area contributed by atoms with E-state index in [0.717, 1.165) is 37.0 Å². The Morgan fingerprint density at radius 2 is 2.11 bits per heavy atom. The molecule has 1 aliphatic rings.